The minimum Gasteiger partial charge on any atom is -0.494 e. The largest absolute Gasteiger partial charge is 0.494 e. The number of allylic oxidation sites excluding steroid dienone is 1. The molecule has 1 aromatic rings. The standard InChI is InChI=1S/C17H22F2O3/c1-2-3-12-21-15-10-8-14(9-11-15)17(20)22-13-6-4-5-7-16(18)19/h7-11H,2-6,12-13H2,1H3. The quantitative estimate of drug-likeness (QED) is 0.452. The van der Waals surface area contributed by atoms with Gasteiger partial charge in [-0.15, -0.1) is 0 Å². The number of benzene rings is 1. The number of carbonyl (C=O) groups excluding carboxylic acids is 1. The van der Waals surface area contributed by atoms with E-state index in [9.17, 15) is 13.6 Å². The summed E-state index contributed by atoms with van der Waals surface area (Å²) < 4.78 is 34.2. The molecule has 0 heterocycles. The number of ether oxygens (including phenoxy) is 2. The molecule has 0 atom stereocenters. The fourth-order valence-electron chi connectivity index (χ4n) is 1.73. The highest BCUT2D eigenvalue weighted by Gasteiger charge is 2.06. The van der Waals surface area contributed by atoms with Crippen molar-refractivity contribution in [1.29, 1.82) is 0 Å². The fourth-order valence-corrected chi connectivity index (χ4v) is 1.73. The van der Waals surface area contributed by atoms with E-state index in [4.69, 9.17) is 9.47 Å². The van der Waals surface area contributed by atoms with Crippen LogP contribution in [0.5, 0.6) is 5.75 Å². The Bertz CT molecular complexity index is 465. The van der Waals surface area contributed by atoms with Crippen LogP contribution in [0.3, 0.4) is 0 Å². The molecule has 0 bridgehead atoms. The van der Waals surface area contributed by atoms with Crippen LogP contribution >= 0.6 is 0 Å². The number of hydrogen-bond acceptors (Lipinski definition) is 3. The molecule has 0 unspecified atom stereocenters. The molecule has 0 saturated carbocycles. The lowest BCUT2D eigenvalue weighted by atomic mass is 10.2. The molecule has 1 aromatic carbocycles. The van der Waals surface area contributed by atoms with Crippen molar-refractivity contribution in [2.24, 2.45) is 0 Å². The van der Waals surface area contributed by atoms with E-state index in [2.05, 4.69) is 6.92 Å². The SMILES string of the molecule is CCCCOc1ccc(C(=O)OCCCCC=C(F)F)cc1. The summed E-state index contributed by atoms with van der Waals surface area (Å²) in [5.41, 5.74) is 0.456. The van der Waals surface area contributed by atoms with Gasteiger partial charge >= 0.3 is 5.97 Å². The summed E-state index contributed by atoms with van der Waals surface area (Å²) in [6.07, 6.45) is 2.69. The number of carbonyl (C=O) groups is 1. The molecule has 0 aromatic heterocycles. The van der Waals surface area contributed by atoms with Gasteiger partial charge in [0.15, 0.2) is 0 Å². The van der Waals surface area contributed by atoms with Crippen molar-refractivity contribution >= 4 is 5.97 Å². The molecule has 22 heavy (non-hydrogen) atoms. The van der Waals surface area contributed by atoms with Gasteiger partial charge in [0.25, 0.3) is 6.08 Å². The Labute approximate surface area is 129 Å². The fraction of sp³-hybridized carbons (Fsp3) is 0.471. The molecule has 0 radical (unpaired) electrons. The number of hydrogen-bond donors (Lipinski definition) is 0. The second-order valence-corrected chi connectivity index (χ2v) is 4.85. The van der Waals surface area contributed by atoms with Crippen LogP contribution in [0.15, 0.2) is 36.4 Å². The Balaban J connectivity index is 2.26. The molecule has 0 aliphatic rings. The van der Waals surface area contributed by atoms with E-state index in [-0.39, 0.29) is 6.61 Å². The first kappa shape index (κ1) is 18.1. The van der Waals surface area contributed by atoms with Crippen molar-refractivity contribution in [1.82, 2.24) is 0 Å². The van der Waals surface area contributed by atoms with E-state index in [1.165, 1.54) is 0 Å². The molecule has 0 aliphatic heterocycles. The average molecular weight is 312 g/mol. The van der Waals surface area contributed by atoms with Gasteiger partial charge in [0, 0.05) is 0 Å². The van der Waals surface area contributed by atoms with Gasteiger partial charge in [-0.3, -0.25) is 0 Å². The molecule has 0 amide bonds. The van der Waals surface area contributed by atoms with Crippen LogP contribution in [0.25, 0.3) is 0 Å². The van der Waals surface area contributed by atoms with Gasteiger partial charge in [-0.25, -0.2) is 4.79 Å². The van der Waals surface area contributed by atoms with E-state index in [1.54, 1.807) is 24.3 Å². The minimum absolute atomic E-state index is 0.231. The highest BCUT2D eigenvalue weighted by Crippen LogP contribution is 2.14. The predicted molar refractivity (Wildman–Crippen MR) is 81.3 cm³/mol. The second kappa shape index (κ2) is 10.8. The van der Waals surface area contributed by atoms with Crippen molar-refractivity contribution in [2.75, 3.05) is 13.2 Å². The molecule has 0 N–H and O–H groups in total. The zero-order valence-corrected chi connectivity index (χ0v) is 12.8. The molecule has 0 fully saturated rings. The molecular weight excluding hydrogens is 290 g/mol. The van der Waals surface area contributed by atoms with Crippen LogP contribution < -0.4 is 4.74 Å². The van der Waals surface area contributed by atoms with Crippen molar-refractivity contribution in [3.8, 4) is 5.75 Å². The Morgan fingerprint density at radius 1 is 1.09 bits per heavy atom. The Hall–Kier alpha value is -1.91. The van der Waals surface area contributed by atoms with Gasteiger partial charge < -0.3 is 9.47 Å². The Morgan fingerprint density at radius 2 is 1.82 bits per heavy atom. The summed E-state index contributed by atoms with van der Waals surface area (Å²) in [6.45, 7) is 2.98. The zero-order chi connectivity index (χ0) is 16.2. The van der Waals surface area contributed by atoms with Gasteiger partial charge in [0.1, 0.15) is 5.75 Å². The average Bonchev–Trinajstić information content (AvgIpc) is 2.51. The summed E-state index contributed by atoms with van der Waals surface area (Å²) in [7, 11) is 0. The van der Waals surface area contributed by atoms with E-state index in [0.29, 0.717) is 31.4 Å². The maximum absolute atomic E-state index is 11.8. The lowest BCUT2D eigenvalue weighted by molar-refractivity contribution is 0.0498. The topological polar surface area (TPSA) is 35.5 Å². The first-order chi connectivity index (χ1) is 10.6. The number of esters is 1. The van der Waals surface area contributed by atoms with Gasteiger partial charge in [-0.2, -0.15) is 8.78 Å². The van der Waals surface area contributed by atoms with E-state index < -0.39 is 12.0 Å². The van der Waals surface area contributed by atoms with Crippen molar-refractivity contribution in [2.45, 2.75) is 39.0 Å². The number of halogens is 2. The van der Waals surface area contributed by atoms with Gasteiger partial charge in [-0.1, -0.05) is 13.3 Å². The molecule has 0 spiro atoms. The van der Waals surface area contributed by atoms with Crippen molar-refractivity contribution < 1.29 is 23.0 Å². The van der Waals surface area contributed by atoms with Crippen molar-refractivity contribution in [3.05, 3.63) is 42.0 Å². The highest BCUT2D eigenvalue weighted by molar-refractivity contribution is 5.89. The third-order valence-corrected chi connectivity index (χ3v) is 2.99. The summed E-state index contributed by atoms with van der Waals surface area (Å²) in [5, 5.41) is 0. The van der Waals surface area contributed by atoms with Crippen LogP contribution in [0, 0.1) is 0 Å². The lowest BCUT2D eigenvalue weighted by Crippen LogP contribution is -2.06. The monoisotopic (exact) mass is 312 g/mol. The van der Waals surface area contributed by atoms with Crippen LogP contribution in [-0.4, -0.2) is 19.2 Å². The van der Waals surface area contributed by atoms with E-state index >= 15 is 0 Å². The molecule has 0 aliphatic carbocycles. The van der Waals surface area contributed by atoms with E-state index in [1.807, 2.05) is 0 Å². The summed E-state index contributed by atoms with van der Waals surface area (Å²) in [4.78, 5) is 11.8. The molecule has 1 rings (SSSR count). The van der Waals surface area contributed by atoms with Crippen LogP contribution in [0.2, 0.25) is 0 Å². The predicted octanol–water partition coefficient (Wildman–Crippen LogP) is 4.97. The lowest BCUT2D eigenvalue weighted by Gasteiger charge is -2.07. The summed E-state index contributed by atoms with van der Waals surface area (Å²) in [6, 6.07) is 6.79. The number of unbranched alkanes of at least 4 members (excludes halogenated alkanes) is 3. The maximum Gasteiger partial charge on any atom is 0.338 e. The maximum atomic E-state index is 11.8. The molecule has 122 valence electrons. The van der Waals surface area contributed by atoms with Crippen LogP contribution in [-0.2, 0) is 4.74 Å². The molecular formula is C17H22F2O3. The Morgan fingerprint density at radius 3 is 2.45 bits per heavy atom. The molecule has 0 saturated heterocycles. The van der Waals surface area contributed by atoms with Gasteiger partial charge in [-0.05, 0) is 56.0 Å². The van der Waals surface area contributed by atoms with Crippen molar-refractivity contribution in [3.63, 3.8) is 0 Å². The third kappa shape index (κ3) is 7.76. The second-order valence-electron chi connectivity index (χ2n) is 4.85. The Kier molecular flexibility index (Phi) is 8.88. The summed E-state index contributed by atoms with van der Waals surface area (Å²) in [5.74, 6) is 0.317. The highest BCUT2D eigenvalue weighted by atomic mass is 19.3. The third-order valence-electron chi connectivity index (χ3n) is 2.99. The first-order valence-electron chi connectivity index (χ1n) is 7.54. The van der Waals surface area contributed by atoms with Crippen LogP contribution in [0.1, 0.15) is 49.4 Å². The van der Waals surface area contributed by atoms with Crippen LogP contribution in [0.4, 0.5) is 8.78 Å². The van der Waals surface area contributed by atoms with E-state index in [0.717, 1.165) is 24.7 Å². The number of rotatable bonds is 10. The smallest absolute Gasteiger partial charge is 0.338 e. The van der Waals surface area contributed by atoms with Gasteiger partial charge in [0.2, 0.25) is 0 Å². The minimum atomic E-state index is -1.67. The first-order valence-corrected chi connectivity index (χ1v) is 7.54. The zero-order valence-electron chi connectivity index (χ0n) is 12.8. The normalized spacial score (nSPS) is 10.1. The molecule has 3 nitrogen and oxygen atoms in total. The molecule has 5 heteroatoms. The van der Waals surface area contributed by atoms with Gasteiger partial charge in [0.05, 0.1) is 18.8 Å². The summed E-state index contributed by atoms with van der Waals surface area (Å²) >= 11 is 0.